The molecule has 26 heavy (non-hydrogen) atoms. The molecule has 140 valence electrons. The Bertz CT molecular complexity index is 752. The predicted octanol–water partition coefficient (Wildman–Crippen LogP) is 3.69. The molecule has 0 saturated carbocycles. The van der Waals surface area contributed by atoms with E-state index in [9.17, 15) is 9.18 Å². The van der Waals surface area contributed by atoms with E-state index in [0.717, 1.165) is 37.1 Å². The second-order valence-electron chi connectivity index (χ2n) is 6.65. The Morgan fingerprint density at radius 1 is 1.35 bits per heavy atom. The van der Waals surface area contributed by atoms with Crippen molar-refractivity contribution >= 4 is 5.97 Å². The first-order chi connectivity index (χ1) is 12.5. The molecular weight excluding hydrogens is 337 g/mol. The van der Waals surface area contributed by atoms with Crippen molar-refractivity contribution in [2.45, 2.75) is 39.0 Å². The minimum Gasteiger partial charge on any atom is -0.463 e. The third kappa shape index (κ3) is 4.71. The lowest BCUT2D eigenvalue weighted by molar-refractivity contribution is 0.0547. The van der Waals surface area contributed by atoms with Crippen LogP contribution >= 0.6 is 0 Å². The summed E-state index contributed by atoms with van der Waals surface area (Å²) in [5.74, 6) is 0.175. The van der Waals surface area contributed by atoms with Crippen molar-refractivity contribution in [3.05, 3.63) is 58.8 Å². The number of rotatable bonds is 7. The maximum atomic E-state index is 13.5. The number of nitrogens with zero attached hydrogens (tertiary/aromatic N) is 1. The number of ether oxygens (including phenoxy) is 2. The van der Waals surface area contributed by atoms with Crippen molar-refractivity contribution in [2.24, 2.45) is 0 Å². The van der Waals surface area contributed by atoms with Crippen molar-refractivity contribution in [3.63, 3.8) is 0 Å². The Morgan fingerprint density at radius 3 is 2.88 bits per heavy atom. The third-order valence-electron chi connectivity index (χ3n) is 4.50. The Labute approximate surface area is 152 Å². The summed E-state index contributed by atoms with van der Waals surface area (Å²) >= 11 is 0. The topological polar surface area (TPSA) is 51.9 Å². The van der Waals surface area contributed by atoms with Gasteiger partial charge in [0.05, 0.1) is 19.8 Å². The highest BCUT2D eigenvalue weighted by Crippen LogP contribution is 2.21. The maximum absolute atomic E-state index is 13.5. The van der Waals surface area contributed by atoms with E-state index in [4.69, 9.17) is 13.9 Å². The fourth-order valence-corrected chi connectivity index (χ4v) is 3.30. The molecule has 0 amide bonds. The van der Waals surface area contributed by atoms with Crippen molar-refractivity contribution < 1.29 is 23.1 Å². The zero-order valence-electron chi connectivity index (χ0n) is 15.2. The lowest BCUT2D eigenvalue weighted by Gasteiger charge is -2.24. The van der Waals surface area contributed by atoms with E-state index in [-0.39, 0.29) is 17.7 Å². The Kier molecular flexibility index (Phi) is 6.06. The number of esters is 1. The highest BCUT2D eigenvalue weighted by Gasteiger charge is 2.22. The van der Waals surface area contributed by atoms with Gasteiger partial charge in [-0.1, -0.05) is 12.1 Å². The average Bonchev–Trinajstić information content (AvgIpc) is 3.24. The van der Waals surface area contributed by atoms with Crippen molar-refractivity contribution in [3.8, 4) is 0 Å². The van der Waals surface area contributed by atoms with E-state index in [0.29, 0.717) is 18.8 Å². The summed E-state index contributed by atoms with van der Waals surface area (Å²) < 4.78 is 29.7. The molecule has 0 radical (unpaired) electrons. The van der Waals surface area contributed by atoms with Crippen LogP contribution in [0.25, 0.3) is 0 Å². The number of halogens is 1. The van der Waals surface area contributed by atoms with Crippen molar-refractivity contribution in [2.75, 3.05) is 20.3 Å². The number of methoxy groups -OCH3 is 1. The quantitative estimate of drug-likeness (QED) is 0.704. The second kappa shape index (κ2) is 8.47. The van der Waals surface area contributed by atoms with Gasteiger partial charge < -0.3 is 13.9 Å². The summed E-state index contributed by atoms with van der Waals surface area (Å²) in [4.78, 5) is 13.9. The molecule has 0 bridgehead atoms. The maximum Gasteiger partial charge on any atom is 0.374 e. The van der Waals surface area contributed by atoms with Crippen LogP contribution in [-0.2, 0) is 22.6 Å². The molecule has 1 aliphatic heterocycles. The highest BCUT2D eigenvalue weighted by molar-refractivity contribution is 5.87. The largest absolute Gasteiger partial charge is 0.463 e. The van der Waals surface area contributed by atoms with Gasteiger partial charge in [0.15, 0.2) is 0 Å². The number of hydrogen-bond donors (Lipinski definition) is 0. The van der Waals surface area contributed by atoms with Gasteiger partial charge in [-0.15, -0.1) is 0 Å². The first-order valence-electron chi connectivity index (χ1n) is 8.81. The van der Waals surface area contributed by atoms with E-state index in [2.05, 4.69) is 4.90 Å². The van der Waals surface area contributed by atoms with Crippen LogP contribution in [0.4, 0.5) is 4.39 Å². The molecule has 1 aromatic heterocycles. The molecule has 1 aliphatic rings. The van der Waals surface area contributed by atoms with Crippen LogP contribution in [0.2, 0.25) is 0 Å². The Balaban J connectivity index is 1.75. The predicted molar refractivity (Wildman–Crippen MR) is 94.3 cm³/mol. The molecular formula is C20H24FNO4. The van der Waals surface area contributed by atoms with Crippen LogP contribution in [0.15, 0.2) is 34.7 Å². The fourth-order valence-electron chi connectivity index (χ4n) is 3.30. The number of carbonyl (C=O) groups excluding carboxylic acids is 1. The van der Waals surface area contributed by atoms with E-state index in [1.54, 1.807) is 6.07 Å². The monoisotopic (exact) mass is 361 g/mol. The first kappa shape index (κ1) is 18.6. The van der Waals surface area contributed by atoms with Gasteiger partial charge in [-0.25, -0.2) is 9.18 Å². The minimum atomic E-state index is -0.482. The van der Waals surface area contributed by atoms with Gasteiger partial charge in [0.2, 0.25) is 5.76 Å². The van der Waals surface area contributed by atoms with Gasteiger partial charge in [-0.2, -0.15) is 0 Å². The molecule has 3 rings (SSSR count). The van der Waals surface area contributed by atoms with E-state index in [1.807, 2.05) is 19.1 Å². The van der Waals surface area contributed by atoms with Gasteiger partial charge in [-0.3, -0.25) is 4.90 Å². The van der Waals surface area contributed by atoms with Gasteiger partial charge >= 0.3 is 5.97 Å². The van der Waals surface area contributed by atoms with Crippen LogP contribution in [0.3, 0.4) is 0 Å². The van der Waals surface area contributed by atoms with Crippen LogP contribution in [-0.4, -0.2) is 37.2 Å². The van der Waals surface area contributed by atoms with Gasteiger partial charge in [-0.05, 0) is 43.5 Å². The summed E-state index contributed by atoms with van der Waals surface area (Å²) in [5, 5.41) is 0. The van der Waals surface area contributed by atoms with Gasteiger partial charge in [0.25, 0.3) is 0 Å². The molecule has 5 nitrogen and oxygen atoms in total. The number of benzene rings is 1. The summed E-state index contributed by atoms with van der Waals surface area (Å²) in [7, 11) is 1.33. The van der Waals surface area contributed by atoms with Crippen LogP contribution < -0.4 is 0 Å². The zero-order valence-corrected chi connectivity index (χ0v) is 15.2. The van der Waals surface area contributed by atoms with Gasteiger partial charge in [0.1, 0.15) is 11.6 Å². The lowest BCUT2D eigenvalue weighted by Crippen LogP contribution is -2.31. The summed E-state index contributed by atoms with van der Waals surface area (Å²) in [5.41, 5.74) is 1.63. The highest BCUT2D eigenvalue weighted by atomic mass is 19.1. The molecule has 6 heteroatoms. The van der Waals surface area contributed by atoms with E-state index < -0.39 is 5.97 Å². The number of carbonyl (C=O) groups is 1. The summed E-state index contributed by atoms with van der Waals surface area (Å²) in [6.45, 7) is 4.41. The SMILES string of the molecule is COC(=O)c1oc(CN(Cc2cccc(F)c2)CC2CCCO2)cc1C. The molecule has 2 heterocycles. The van der Waals surface area contributed by atoms with E-state index in [1.165, 1.54) is 19.2 Å². The molecule has 1 unspecified atom stereocenters. The molecule has 0 spiro atoms. The third-order valence-corrected chi connectivity index (χ3v) is 4.50. The molecule has 1 fully saturated rings. The number of hydrogen-bond acceptors (Lipinski definition) is 5. The Hall–Kier alpha value is -2.18. The normalized spacial score (nSPS) is 17.0. The molecule has 1 saturated heterocycles. The zero-order chi connectivity index (χ0) is 18.5. The fraction of sp³-hybridized carbons (Fsp3) is 0.450. The number of aryl methyl sites for hydroxylation is 1. The Morgan fingerprint density at radius 2 is 2.19 bits per heavy atom. The van der Waals surface area contributed by atoms with E-state index >= 15 is 0 Å². The first-order valence-corrected chi connectivity index (χ1v) is 8.81. The van der Waals surface area contributed by atoms with Gasteiger partial charge in [0, 0.05) is 25.3 Å². The summed E-state index contributed by atoms with van der Waals surface area (Å²) in [6, 6.07) is 8.43. The molecule has 0 N–H and O–H groups in total. The molecule has 1 aromatic carbocycles. The summed E-state index contributed by atoms with van der Waals surface area (Å²) in [6.07, 6.45) is 2.24. The smallest absolute Gasteiger partial charge is 0.374 e. The van der Waals surface area contributed by atoms with Crippen LogP contribution in [0, 0.1) is 12.7 Å². The molecule has 0 aliphatic carbocycles. The molecule has 2 aromatic rings. The number of furan rings is 1. The molecule has 1 atom stereocenters. The van der Waals surface area contributed by atoms with Crippen molar-refractivity contribution in [1.29, 1.82) is 0 Å². The van der Waals surface area contributed by atoms with Crippen LogP contribution in [0.5, 0.6) is 0 Å². The average molecular weight is 361 g/mol. The standard InChI is InChI=1S/C20H24FNO4/c1-14-9-18(26-19(14)20(23)24-2)13-22(12-17-7-4-8-25-17)11-15-5-3-6-16(21)10-15/h3,5-6,9-10,17H,4,7-8,11-13H2,1-2H3. The van der Waals surface area contributed by atoms with Crippen molar-refractivity contribution in [1.82, 2.24) is 4.90 Å². The van der Waals surface area contributed by atoms with Crippen LogP contribution in [0.1, 0.15) is 40.3 Å². The second-order valence-corrected chi connectivity index (χ2v) is 6.65. The minimum absolute atomic E-state index is 0.166. The lowest BCUT2D eigenvalue weighted by atomic mass is 10.1.